The van der Waals surface area contributed by atoms with E-state index in [9.17, 15) is 13.2 Å². The van der Waals surface area contributed by atoms with Gasteiger partial charge in [-0.2, -0.15) is 13.2 Å². The number of benzene rings is 1. The van der Waals surface area contributed by atoms with Crippen molar-refractivity contribution in [3.05, 3.63) is 41.6 Å². The molecule has 0 aliphatic rings. The summed E-state index contributed by atoms with van der Waals surface area (Å²) in [6.07, 6.45) is -5.18. The van der Waals surface area contributed by atoms with Crippen molar-refractivity contribution in [2.24, 2.45) is 0 Å². The Kier molecular flexibility index (Phi) is 4.67. The van der Waals surface area contributed by atoms with Gasteiger partial charge in [0.05, 0.1) is 6.42 Å². The average Bonchev–Trinajstić information content (AvgIpc) is 2.36. The third-order valence-corrected chi connectivity index (χ3v) is 2.85. The second kappa shape index (κ2) is 6.30. The zero-order chi connectivity index (χ0) is 15.5. The zero-order valence-electron chi connectivity index (χ0n) is 11.2. The molecule has 0 bridgehead atoms. The SMILES string of the molecule is CC(CC(F)(F)F)Nc1cc(Cl)nc(-c2ccccc2)n1. The predicted octanol–water partition coefficient (Wildman–Crippen LogP) is 4.55. The molecular formula is C14H13ClF3N3. The van der Waals surface area contributed by atoms with Gasteiger partial charge in [-0.1, -0.05) is 41.9 Å². The maximum absolute atomic E-state index is 12.3. The van der Waals surface area contributed by atoms with Crippen LogP contribution in [0.5, 0.6) is 0 Å². The summed E-state index contributed by atoms with van der Waals surface area (Å²) in [5.74, 6) is 0.635. The average molecular weight is 316 g/mol. The van der Waals surface area contributed by atoms with Gasteiger partial charge in [-0.15, -0.1) is 0 Å². The quantitative estimate of drug-likeness (QED) is 0.841. The molecule has 0 amide bonds. The first kappa shape index (κ1) is 15.6. The second-order valence-electron chi connectivity index (χ2n) is 4.63. The van der Waals surface area contributed by atoms with Gasteiger partial charge >= 0.3 is 6.18 Å². The molecule has 3 nitrogen and oxygen atoms in total. The van der Waals surface area contributed by atoms with E-state index in [0.717, 1.165) is 5.56 Å². The molecule has 0 aliphatic carbocycles. The lowest BCUT2D eigenvalue weighted by atomic mass is 10.2. The van der Waals surface area contributed by atoms with Gasteiger partial charge in [0.1, 0.15) is 11.0 Å². The Morgan fingerprint density at radius 3 is 2.48 bits per heavy atom. The molecule has 1 aromatic carbocycles. The van der Waals surface area contributed by atoms with Crippen molar-refractivity contribution in [2.45, 2.75) is 25.6 Å². The van der Waals surface area contributed by atoms with E-state index in [0.29, 0.717) is 5.82 Å². The molecule has 0 saturated heterocycles. The standard InChI is InChI=1S/C14H13ClF3N3/c1-9(8-14(16,17)18)19-12-7-11(15)20-13(21-12)10-5-3-2-4-6-10/h2-7,9H,8H2,1H3,(H,19,20,21). The summed E-state index contributed by atoms with van der Waals surface area (Å²) < 4.78 is 37.0. The Bertz CT molecular complexity index is 602. The third kappa shape index (κ3) is 4.90. The maximum atomic E-state index is 12.3. The van der Waals surface area contributed by atoms with Crippen LogP contribution < -0.4 is 5.32 Å². The number of hydrogen-bond acceptors (Lipinski definition) is 3. The van der Waals surface area contributed by atoms with Gasteiger partial charge in [-0.05, 0) is 6.92 Å². The molecule has 1 aromatic heterocycles. The molecule has 21 heavy (non-hydrogen) atoms. The van der Waals surface area contributed by atoms with E-state index in [4.69, 9.17) is 11.6 Å². The lowest BCUT2D eigenvalue weighted by Crippen LogP contribution is -2.24. The Morgan fingerprint density at radius 1 is 1.19 bits per heavy atom. The number of anilines is 1. The smallest absolute Gasteiger partial charge is 0.367 e. The zero-order valence-corrected chi connectivity index (χ0v) is 11.9. The molecule has 1 heterocycles. The third-order valence-electron chi connectivity index (χ3n) is 2.66. The van der Waals surface area contributed by atoms with E-state index in [1.54, 1.807) is 12.1 Å². The lowest BCUT2D eigenvalue weighted by Gasteiger charge is -2.16. The van der Waals surface area contributed by atoms with Crippen LogP contribution in [0.1, 0.15) is 13.3 Å². The first-order valence-electron chi connectivity index (χ1n) is 6.27. The number of halogens is 4. The fourth-order valence-corrected chi connectivity index (χ4v) is 2.04. The molecule has 0 aliphatic heterocycles. The maximum Gasteiger partial charge on any atom is 0.391 e. The molecule has 0 fully saturated rings. The van der Waals surface area contributed by atoms with Crippen molar-refractivity contribution in [1.29, 1.82) is 0 Å². The Balaban J connectivity index is 2.20. The van der Waals surface area contributed by atoms with E-state index >= 15 is 0 Å². The monoisotopic (exact) mass is 315 g/mol. The molecule has 1 atom stereocenters. The Morgan fingerprint density at radius 2 is 1.86 bits per heavy atom. The van der Waals surface area contributed by atoms with Gasteiger partial charge in [0.25, 0.3) is 0 Å². The minimum absolute atomic E-state index is 0.172. The van der Waals surface area contributed by atoms with Crippen molar-refractivity contribution >= 4 is 17.4 Å². The highest BCUT2D eigenvalue weighted by Gasteiger charge is 2.30. The minimum atomic E-state index is -4.23. The summed E-state index contributed by atoms with van der Waals surface area (Å²) >= 11 is 5.90. The topological polar surface area (TPSA) is 37.8 Å². The lowest BCUT2D eigenvalue weighted by molar-refractivity contribution is -0.136. The van der Waals surface area contributed by atoms with Crippen LogP contribution >= 0.6 is 11.6 Å². The van der Waals surface area contributed by atoms with E-state index in [2.05, 4.69) is 15.3 Å². The van der Waals surface area contributed by atoms with Gasteiger partial charge in [0, 0.05) is 17.7 Å². The van der Waals surface area contributed by atoms with E-state index in [1.165, 1.54) is 13.0 Å². The number of hydrogen-bond donors (Lipinski definition) is 1. The fraction of sp³-hybridized carbons (Fsp3) is 0.286. The molecule has 0 saturated carbocycles. The molecule has 1 N–H and O–H groups in total. The largest absolute Gasteiger partial charge is 0.391 e. The second-order valence-corrected chi connectivity index (χ2v) is 5.02. The molecule has 1 unspecified atom stereocenters. The van der Waals surface area contributed by atoms with Crippen molar-refractivity contribution in [2.75, 3.05) is 5.32 Å². The summed E-state index contributed by atoms with van der Waals surface area (Å²) in [6, 6.07) is 9.68. The number of alkyl halides is 3. The normalized spacial score (nSPS) is 13.0. The van der Waals surface area contributed by atoms with Crippen LogP contribution in [0.2, 0.25) is 5.15 Å². The molecule has 0 radical (unpaired) electrons. The molecular weight excluding hydrogens is 303 g/mol. The molecule has 2 rings (SSSR count). The Hall–Kier alpha value is -1.82. The number of aromatic nitrogens is 2. The highest BCUT2D eigenvalue weighted by molar-refractivity contribution is 6.29. The number of nitrogens with one attached hydrogen (secondary N) is 1. The van der Waals surface area contributed by atoms with Gasteiger partial charge in [0.15, 0.2) is 5.82 Å². The summed E-state index contributed by atoms with van der Waals surface area (Å²) in [5, 5.41) is 2.87. The number of nitrogens with zero attached hydrogens (tertiary/aromatic N) is 2. The van der Waals surface area contributed by atoms with Gasteiger partial charge in [0.2, 0.25) is 0 Å². The molecule has 0 spiro atoms. The molecule has 7 heteroatoms. The predicted molar refractivity (Wildman–Crippen MR) is 76.2 cm³/mol. The summed E-state index contributed by atoms with van der Waals surface area (Å²) in [7, 11) is 0. The summed E-state index contributed by atoms with van der Waals surface area (Å²) in [4.78, 5) is 8.28. The fourth-order valence-electron chi connectivity index (χ4n) is 1.86. The first-order chi connectivity index (χ1) is 9.83. The van der Waals surface area contributed by atoms with Crippen molar-refractivity contribution < 1.29 is 13.2 Å². The van der Waals surface area contributed by atoms with Crippen LogP contribution in [0.4, 0.5) is 19.0 Å². The minimum Gasteiger partial charge on any atom is -0.367 e. The van der Waals surface area contributed by atoms with Gasteiger partial charge in [-0.3, -0.25) is 0 Å². The van der Waals surface area contributed by atoms with Crippen molar-refractivity contribution in [1.82, 2.24) is 9.97 Å². The molecule has 2 aromatic rings. The summed E-state index contributed by atoms with van der Waals surface area (Å²) in [5.41, 5.74) is 0.742. The van der Waals surface area contributed by atoms with Crippen molar-refractivity contribution in [3.63, 3.8) is 0 Å². The molecule has 112 valence electrons. The van der Waals surface area contributed by atoms with Crippen LogP contribution in [-0.2, 0) is 0 Å². The highest BCUT2D eigenvalue weighted by atomic mass is 35.5. The Labute approximate surface area is 125 Å². The highest BCUT2D eigenvalue weighted by Crippen LogP contribution is 2.24. The van der Waals surface area contributed by atoms with Gasteiger partial charge in [-0.25, -0.2) is 9.97 Å². The number of rotatable bonds is 4. The van der Waals surface area contributed by atoms with Gasteiger partial charge < -0.3 is 5.32 Å². The first-order valence-corrected chi connectivity index (χ1v) is 6.64. The van der Waals surface area contributed by atoms with Crippen LogP contribution in [-0.4, -0.2) is 22.2 Å². The van der Waals surface area contributed by atoms with Crippen LogP contribution in [0.15, 0.2) is 36.4 Å². The van der Waals surface area contributed by atoms with Crippen molar-refractivity contribution in [3.8, 4) is 11.4 Å². The van der Waals surface area contributed by atoms with Crippen LogP contribution in [0, 0.1) is 0 Å². The van der Waals surface area contributed by atoms with Crippen LogP contribution in [0.25, 0.3) is 11.4 Å². The van der Waals surface area contributed by atoms with E-state index in [-0.39, 0.29) is 11.0 Å². The van der Waals surface area contributed by atoms with E-state index in [1.807, 2.05) is 18.2 Å². The van der Waals surface area contributed by atoms with E-state index < -0.39 is 18.6 Å². The van der Waals surface area contributed by atoms with Crippen LogP contribution in [0.3, 0.4) is 0 Å². The summed E-state index contributed by atoms with van der Waals surface area (Å²) in [6.45, 7) is 1.44.